The summed E-state index contributed by atoms with van der Waals surface area (Å²) >= 11 is 0. The summed E-state index contributed by atoms with van der Waals surface area (Å²) in [5, 5.41) is 0. The fraction of sp³-hybridized carbons (Fsp3) is 0.500. The summed E-state index contributed by atoms with van der Waals surface area (Å²) in [6, 6.07) is 2.82. The molecular formula is C14H19NO5. The topological polar surface area (TPSA) is 80.0 Å². The third-order valence-electron chi connectivity index (χ3n) is 2.97. The number of methoxy groups -OCH3 is 1. The van der Waals surface area contributed by atoms with Crippen molar-refractivity contribution in [2.24, 2.45) is 5.73 Å². The van der Waals surface area contributed by atoms with Gasteiger partial charge in [0, 0.05) is 18.1 Å². The van der Waals surface area contributed by atoms with Gasteiger partial charge in [-0.2, -0.15) is 0 Å². The van der Waals surface area contributed by atoms with Gasteiger partial charge in [0.25, 0.3) is 0 Å². The van der Waals surface area contributed by atoms with Crippen molar-refractivity contribution in [3.8, 4) is 17.2 Å². The third kappa shape index (κ3) is 3.14. The maximum absolute atomic E-state index is 11.6. The summed E-state index contributed by atoms with van der Waals surface area (Å²) < 4.78 is 21.2. The van der Waals surface area contributed by atoms with E-state index in [1.54, 1.807) is 26.2 Å². The van der Waals surface area contributed by atoms with E-state index >= 15 is 0 Å². The molecule has 0 spiro atoms. The molecule has 0 saturated heterocycles. The summed E-state index contributed by atoms with van der Waals surface area (Å²) in [4.78, 5) is 11.6. The highest BCUT2D eigenvalue weighted by atomic mass is 16.6. The van der Waals surface area contributed by atoms with Crippen LogP contribution in [0.1, 0.15) is 12.5 Å². The van der Waals surface area contributed by atoms with Crippen LogP contribution < -0.4 is 19.9 Å². The van der Waals surface area contributed by atoms with Crippen molar-refractivity contribution in [2.75, 3.05) is 26.9 Å². The number of rotatable bonds is 5. The molecule has 1 aromatic rings. The van der Waals surface area contributed by atoms with E-state index in [0.29, 0.717) is 43.5 Å². The van der Waals surface area contributed by atoms with Crippen LogP contribution in [-0.2, 0) is 16.0 Å². The molecule has 0 radical (unpaired) electrons. The number of ether oxygens (including phenoxy) is 4. The first kappa shape index (κ1) is 14.5. The van der Waals surface area contributed by atoms with Gasteiger partial charge in [0.15, 0.2) is 11.5 Å². The van der Waals surface area contributed by atoms with Crippen LogP contribution in [-0.4, -0.2) is 38.9 Å². The van der Waals surface area contributed by atoms with E-state index in [0.717, 1.165) is 5.56 Å². The predicted molar refractivity (Wildman–Crippen MR) is 72.3 cm³/mol. The molecule has 0 aliphatic carbocycles. The number of nitrogens with two attached hydrogens (primary N) is 1. The van der Waals surface area contributed by atoms with E-state index < -0.39 is 12.0 Å². The van der Waals surface area contributed by atoms with Crippen molar-refractivity contribution in [1.29, 1.82) is 0 Å². The monoisotopic (exact) mass is 281 g/mol. The van der Waals surface area contributed by atoms with Crippen molar-refractivity contribution >= 4 is 5.97 Å². The zero-order valence-corrected chi connectivity index (χ0v) is 11.7. The molecule has 1 unspecified atom stereocenters. The number of carbonyl (C=O) groups excluding carboxylic acids is 1. The Balaban J connectivity index is 2.19. The van der Waals surface area contributed by atoms with Gasteiger partial charge in [-0.05, 0) is 13.0 Å². The second kappa shape index (κ2) is 6.47. The fourth-order valence-electron chi connectivity index (χ4n) is 2.03. The molecule has 6 nitrogen and oxygen atoms in total. The number of benzene rings is 1. The van der Waals surface area contributed by atoms with E-state index in [4.69, 9.17) is 24.7 Å². The van der Waals surface area contributed by atoms with Gasteiger partial charge < -0.3 is 24.7 Å². The molecule has 20 heavy (non-hydrogen) atoms. The Bertz CT molecular complexity index is 489. The zero-order chi connectivity index (χ0) is 14.5. The molecule has 0 amide bonds. The molecule has 0 fully saturated rings. The van der Waals surface area contributed by atoms with Crippen LogP contribution in [0.4, 0.5) is 0 Å². The predicted octanol–water partition coefficient (Wildman–Crippen LogP) is 0.899. The number of esters is 1. The Morgan fingerprint density at radius 1 is 1.35 bits per heavy atom. The molecule has 0 aromatic heterocycles. The minimum atomic E-state index is -0.730. The summed E-state index contributed by atoms with van der Waals surface area (Å²) in [6.45, 7) is 3.07. The lowest BCUT2D eigenvalue weighted by molar-refractivity contribution is -0.144. The van der Waals surface area contributed by atoms with E-state index in [1.807, 2.05) is 0 Å². The maximum Gasteiger partial charge on any atom is 0.323 e. The van der Waals surface area contributed by atoms with Crippen LogP contribution in [0.25, 0.3) is 0 Å². The van der Waals surface area contributed by atoms with Gasteiger partial charge in [0.1, 0.15) is 25.0 Å². The van der Waals surface area contributed by atoms with Gasteiger partial charge in [0.2, 0.25) is 0 Å². The summed E-state index contributed by atoms with van der Waals surface area (Å²) in [5.74, 6) is 1.48. The van der Waals surface area contributed by atoms with Crippen LogP contribution in [0.15, 0.2) is 12.1 Å². The van der Waals surface area contributed by atoms with Crippen molar-refractivity contribution in [2.45, 2.75) is 19.4 Å². The number of hydrogen-bond acceptors (Lipinski definition) is 6. The normalized spacial score (nSPS) is 14.6. The van der Waals surface area contributed by atoms with E-state index in [1.165, 1.54) is 0 Å². The average molecular weight is 281 g/mol. The molecule has 1 atom stereocenters. The van der Waals surface area contributed by atoms with Crippen molar-refractivity contribution in [1.82, 2.24) is 0 Å². The van der Waals surface area contributed by atoms with E-state index in [-0.39, 0.29) is 0 Å². The van der Waals surface area contributed by atoms with Crippen molar-refractivity contribution in [3.05, 3.63) is 17.7 Å². The molecule has 0 bridgehead atoms. The molecule has 1 aromatic carbocycles. The maximum atomic E-state index is 11.6. The van der Waals surface area contributed by atoms with Gasteiger partial charge >= 0.3 is 5.97 Å². The summed E-state index contributed by atoms with van der Waals surface area (Å²) in [7, 11) is 1.56. The van der Waals surface area contributed by atoms with E-state index in [2.05, 4.69) is 0 Å². The third-order valence-corrected chi connectivity index (χ3v) is 2.97. The Kier molecular flexibility index (Phi) is 4.68. The van der Waals surface area contributed by atoms with Crippen LogP contribution in [0, 0.1) is 0 Å². The molecule has 1 heterocycles. The first-order valence-electron chi connectivity index (χ1n) is 6.54. The zero-order valence-electron chi connectivity index (χ0n) is 11.7. The molecule has 1 aliphatic heterocycles. The number of hydrogen-bond donors (Lipinski definition) is 1. The standard InChI is InChI=1S/C14H19NO5/c1-3-18-14(16)10(15)6-9-7-12-13(8-11(9)17-2)20-5-4-19-12/h7-8,10H,3-6,15H2,1-2H3. The Labute approximate surface area is 117 Å². The number of fused-ring (bicyclic) bond motifs is 1. The smallest absolute Gasteiger partial charge is 0.323 e. The molecule has 110 valence electrons. The van der Waals surface area contributed by atoms with Crippen molar-refractivity contribution in [3.63, 3.8) is 0 Å². The SMILES string of the molecule is CCOC(=O)C(N)Cc1cc2c(cc1OC)OCCO2. The fourth-order valence-corrected chi connectivity index (χ4v) is 2.03. The second-order valence-corrected chi connectivity index (χ2v) is 4.37. The minimum absolute atomic E-state index is 0.310. The average Bonchev–Trinajstić information content (AvgIpc) is 2.46. The quantitative estimate of drug-likeness (QED) is 0.808. The van der Waals surface area contributed by atoms with Crippen LogP contribution in [0.2, 0.25) is 0 Å². The minimum Gasteiger partial charge on any atom is -0.496 e. The van der Waals surface area contributed by atoms with Crippen LogP contribution in [0.5, 0.6) is 17.2 Å². The Morgan fingerprint density at radius 3 is 2.60 bits per heavy atom. The molecule has 2 N–H and O–H groups in total. The molecule has 6 heteroatoms. The van der Waals surface area contributed by atoms with E-state index in [9.17, 15) is 4.79 Å². The van der Waals surface area contributed by atoms with Crippen molar-refractivity contribution < 1.29 is 23.7 Å². The highest BCUT2D eigenvalue weighted by Gasteiger charge is 2.21. The highest BCUT2D eigenvalue weighted by molar-refractivity contribution is 5.76. The Hall–Kier alpha value is -1.95. The first-order chi connectivity index (χ1) is 9.65. The Morgan fingerprint density at radius 2 is 2.00 bits per heavy atom. The number of carbonyl (C=O) groups is 1. The van der Waals surface area contributed by atoms with Gasteiger partial charge in [-0.15, -0.1) is 0 Å². The van der Waals surface area contributed by atoms with Gasteiger partial charge in [-0.1, -0.05) is 0 Å². The van der Waals surface area contributed by atoms with Gasteiger partial charge in [-0.25, -0.2) is 0 Å². The first-order valence-corrected chi connectivity index (χ1v) is 6.54. The molecule has 0 saturated carbocycles. The largest absolute Gasteiger partial charge is 0.496 e. The molecular weight excluding hydrogens is 262 g/mol. The second-order valence-electron chi connectivity index (χ2n) is 4.37. The van der Waals surface area contributed by atoms with Crippen LogP contribution in [0.3, 0.4) is 0 Å². The van der Waals surface area contributed by atoms with Crippen LogP contribution >= 0.6 is 0 Å². The summed E-state index contributed by atoms with van der Waals surface area (Å²) in [5.41, 5.74) is 6.62. The lowest BCUT2D eigenvalue weighted by Gasteiger charge is -2.21. The highest BCUT2D eigenvalue weighted by Crippen LogP contribution is 2.37. The molecule has 1 aliphatic rings. The van der Waals surface area contributed by atoms with Gasteiger partial charge in [-0.3, -0.25) is 4.79 Å². The molecule has 2 rings (SSSR count). The lowest BCUT2D eigenvalue weighted by atomic mass is 10.0. The van der Waals surface area contributed by atoms with Gasteiger partial charge in [0.05, 0.1) is 13.7 Å². The summed E-state index contributed by atoms with van der Waals surface area (Å²) in [6.07, 6.45) is 0.318. The lowest BCUT2D eigenvalue weighted by Crippen LogP contribution is -2.34.